The quantitative estimate of drug-likeness (QED) is 0.260. The molecule has 3 aromatic heterocycles. The number of aromatic nitrogens is 4. The number of methoxy groups -OCH3 is 1. The smallest absolute Gasteiger partial charge is 0.339 e. The highest BCUT2D eigenvalue weighted by molar-refractivity contribution is 5.80. The molecule has 0 bridgehead atoms. The number of rotatable bonds is 6. The molecular formula is C32H39N5O3. The molecule has 4 heterocycles. The van der Waals surface area contributed by atoms with E-state index >= 15 is 0 Å². The predicted molar refractivity (Wildman–Crippen MR) is 157 cm³/mol. The van der Waals surface area contributed by atoms with Gasteiger partial charge in [0, 0.05) is 31.0 Å². The van der Waals surface area contributed by atoms with E-state index in [1.807, 2.05) is 74.8 Å². The molecule has 0 N–H and O–H groups in total. The standard InChI is InChI=1S/C32H39N5O3/c1-21-27(28(30(38)39-7)40-31(2,3)4)29(36-17-14-32(5,6)15-18-36)37-26(34-21)20-25(35-37)24-19-23(13-16-33-24)22-11-9-8-10-12-22/h8-13,16,19-20,28H,14-15,17-18H2,1-7H3/t28-/m0/s1. The highest BCUT2D eigenvalue weighted by atomic mass is 16.6. The molecule has 1 aromatic carbocycles. The zero-order chi connectivity index (χ0) is 28.7. The Balaban J connectivity index is 1.69. The second kappa shape index (κ2) is 10.7. The molecule has 40 heavy (non-hydrogen) atoms. The molecule has 0 spiro atoms. The Morgan fingerprint density at radius 1 is 1.00 bits per heavy atom. The van der Waals surface area contributed by atoms with Crippen LogP contribution in [-0.2, 0) is 14.3 Å². The largest absolute Gasteiger partial charge is 0.467 e. The van der Waals surface area contributed by atoms with Crippen LogP contribution in [0.2, 0.25) is 0 Å². The number of nitrogens with zero attached hydrogens (tertiary/aromatic N) is 5. The lowest BCUT2D eigenvalue weighted by molar-refractivity contribution is -0.164. The summed E-state index contributed by atoms with van der Waals surface area (Å²) in [6, 6.07) is 16.2. The van der Waals surface area contributed by atoms with E-state index < -0.39 is 17.7 Å². The lowest BCUT2D eigenvalue weighted by atomic mass is 9.82. The summed E-state index contributed by atoms with van der Waals surface area (Å²) in [7, 11) is 1.39. The Hall–Kier alpha value is -3.78. The summed E-state index contributed by atoms with van der Waals surface area (Å²) in [5, 5.41) is 5.04. The molecule has 1 aliphatic heterocycles. The zero-order valence-electron chi connectivity index (χ0n) is 24.6. The van der Waals surface area contributed by atoms with Gasteiger partial charge in [-0.2, -0.15) is 9.61 Å². The van der Waals surface area contributed by atoms with Crippen molar-refractivity contribution >= 4 is 17.4 Å². The number of benzene rings is 1. The summed E-state index contributed by atoms with van der Waals surface area (Å²) in [5.41, 5.74) is 5.41. The molecule has 0 radical (unpaired) electrons. The first-order chi connectivity index (χ1) is 19.0. The van der Waals surface area contributed by atoms with Gasteiger partial charge in [0.1, 0.15) is 11.5 Å². The molecule has 210 valence electrons. The number of esters is 1. The van der Waals surface area contributed by atoms with Crippen LogP contribution in [0, 0.1) is 12.3 Å². The van der Waals surface area contributed by atoms with E-state index in [4.69, 9.17) is 19.6 Å². The highest BCUT2D eigenvalue weighted by Gasteiger charge is 2.37. The Morgan fingerprint density at radius 3 is 2.35 bits per heavy atom. The highest BCUT2D eigenvalue weighted by Crippen LogP contribution is 2.39. The molecule has 8 heteroatoms. The molecule has 4 aromatic rings. The maximum Gasteiger partial charge on any atom is 0.339 e. The molecule has 1 aliphatic rings. The maximum absolute atomic E-state index is 13.2. The van der Waals surface area contributed by atoms with Crippen molar-refractivity contribution in [3.63, 3.8) is 0 Å². The lowest BCUT2D eigenvalue weighted by Gasteiger charge is -2.39. The van der Waals surface area contributed by atoms with Gasteiger partial charge in [-0.25, -0.2) is 9.78 Å². The summed E-state index contributed by atoms with van der Waals surface area (Å²) >= 11 is 0. The minimum atomic E-state index is -0.945. The Kier molecular flexibility index (Phi) is 7.40. The van der Waals surface area contributed by atoms with Crippen molar-refractivity contribution in [3.05, 3.63) is 66.0 Å². The number of carbonyl (C=O) groups excluding carboxylic acids is 1. The van der Waals surface area contributed by atoms with Crippen molar-refractivity contribution in [1.82, 2.24) is 19.6 Å². The first kappa shape index (κ1) is 27.8. The van der Waals surface area contributed by atoms with E-state index in [9.17, 15) is 4.79 Å². The predicted octanol–water partition coefficient (Wildman–Crippen LogP) is 6.42. The van der Waals surface area contributed by atoms with Gasteiger partial charge in [0.2, 0.25) is 0 Å². The fourth-order valence-electron chi connectivity index (χ4n) is 5.24. The average molecular weight is 542 g/mol. The number of fused-ring (bicyclic) bond motifs is 1. The summed E-state index contributed by atoms with van der Waals surface area (Å²) < 4.78 is 13.4. The Morgan fingerprint density at radius 2 is 1.70 bits per heavy atom. The van der Waals surface area contributed by atoms with Crippen molar-refractivity contribution in [2.24, 2.45) is 5.41 Å². The molecule has 0 amide bonds. The fourth-order valence-corrected chi connectivity index (χ4v) is 5.24. The van der Waals surface area contributed by atoms with Crippen LogP contribution in [0.1, 0.15) is 64.8 Å². The third-order valence-electron chi connectivity index (χ3n) is 7.50. The second-order valence-corrected chi connectivity index (χ2v) is 12.3. The number of carbonyl (C=O) groups is 1. The summed E-state index contributed by atoms with van der Waals surface area (Å²) in [5.74, 6) is 0.366. The Bertz CT molecular complexity index is 1510. The first-order valence-corrected chi connectivity index (χ1v) is 13.9. The minimum absolute atomic E-state index is 0.249. The van der Waals surface area contributed by atoms with Crippen molar-refractivity contribution in [2.75, 3.05) is 25.1 Å². The summed E-state index contributed by atoms with van der Waals surface area (Å²) in [6.45, 7) is 14.0. The van der Waals surface area contributed by atoms with Crippen LogP contribution >= 0.6 is 0 Å². The summed E-state index contributed by atoms with van der Waals surface area (Å²) in [6.07, 6.45) is 2.91. The number of piperidine rings is 1. The van der Waals surface area contributed by atoms with Crippen molar-refractivity contribution in [2.45, 2.75) is 66.1 Å². The van der Waals surface area contributed by atoms with Crippen molar-refractivity contribution in [1.29, 1.82) is 0 Å². The van der Waals surface area contributed by atoms with Crippen molar-refractivity contribution < 1.29 is 14.3 Å². The summed E-state index contributed by atoms with van der Waals surface area (Å²) in [4.78, 5) is 25.1. The zero-order valence-corrected chi connectivity index (χ0v) is 24.6. The van der Waals surface area contributed by atoms with E-state index in [1.165, 1.54) is 7.11 Å². The lowest BCUT2D eigenvalue weighted by Crippen LogP contribution is -2.40. The van der Waals surface area contributed by atoms with Crippen LogP contribution in [0.4, 0.5) is 5.82 Å². The van der Waals surface area contributed by atoms with Crippen LogP contribution < -0.4 is 4.90 Å². The minimum Gasteiger partial charge on any atom is -0.467 e. The topological polar surface area (TPSA) is 81.8 Å². The molecule has 1 atom stereocenters. The van der Waals surface area contributed by atoms with Gasteiger partial charge < -0.3 is 14.4 Å². The van der Waals surface area contributed by atoms with Gasteiger partial charge in [0.15, 0.2) is 11.8 Å². The van der Waals surface area contributed by atoms with Gasteiger partial charge >= 0.3 is 5.97 Å². The molecule has 5 rings (SSSR count). The average Bonchev–Trinajstić information content (AvgIpc) is 3.35. The molecule has 1 fully saturated rings. The van der Waals surface area contributed by atoms with Crippen LogP contribution in [0.15, 0.2) is 54.7 Å². The van der Waals surface area contributed by atoms with Gasteiger partial charge in [0.05, 0.1) is 24.0 Å². The van der Waals surface area contributed by atoms with E-state index in [-0.39, 0.29) is 5.41 Å². The number of anilines is 1. The number of hydrogen-bond donors (Lipinski definition) is 0. The molecular weight excluding hydrogens is 502 g/mol. The second-order valence-electron chi connectivity index (χ2n) is 12.3. The van der Waals surface area contributed by atoms with Gasteiger partial charge in [-0.15, -0.1) is 0 Å². The maximum atomic E-state index is 13.2. The number of hydrogen-bond acceptors (Lipinski definition) is 7. The van der Waals surface area contributed by atoms with Crippen LogP contribution in [-0.4, -0.2) is 51.4 Å². The first-order valence-electron chi connectivity index (χ1n) is 13.9. The normalized spacial score (nSPS) is 16.2. The van der Waals surface area contributed by atoms with E-state index in [1.54, 1.807) is 0 Å². The van der Waals surface area contributed by atoms with Crippen LogP contribution in [0.3, 0.4) is 0 Å². The van der Waals surface area contributed by atoms with Crippen LogP contribution in [0.5, 0.6) is 0 Å². The van der Waals surface area contributed by atoms with Gasteiger partial charge in [-0.05, 0) is 69.2 Å². The Labute approximate surface area is 236 Å². The van der Waals surface area contributed by atoms with Crippen LogP contribution in [0.25, 0.3) is 28.2 Å². The number of aryl methyl sites for hydroxylation is 1. The fraction of sp³-hybridized carbons (Fsp3) is 0.438. The number of pyridine rings is 1. The molecule has 8 nitrogen and oxygen atoms in total. The third kappa shape index (κ3) is 5.72. The van der Waals surface area contributed by atoms with Gasteiger partial charge in [0.25, 0.3) is 0 Å². The molecule has 0 saturated carbocycles. The number of ether oxygens (including phenoxy) is 2. The molecule has 1 saturated heterocycles. The molecule has 0 aliphatic carbocycles. The van der Waals surface area contributed by atoms with E-state index in [2.05, 4.69) is 35.9 Å². The monoisotopic (exact) mass is 541 g/mol. The third-order valence-corrected chi connectivity index (χ3v) is 7.50. The van der Waals surface area contributed by atoms with Gasteiger partial charge in [-0.1, -0.05) is 44.2 Å². The van der Waals surface area contributed by atoms with E-state index in [0.717, 1.165) is 48.6 Å². The van der Waals surface area contributed by atoms with Gasteiger partial charge in [-0.3, -0.25) is 4.98 Å². The SMILES string of the molecule is COC(=O)[C@@H](OC(C)(C)C)c1c(C)nc2cc(-c3cc(-c4ccccc4)ccn3)nn2c1N1CCC(C)(C)CC1. The van der Waals surface area contributed by atoms with E-state index in [0.29, 0.717) is 22.6 Å². The van der Waals surface area contributed by atoms with Crippen molar-refractivity contribution in [3.8, 4) is 22.5 Å². The molecule has 0 unspecified atom stereocenters.